The van der Waals surface area contributed by atoms with Gasteiger partial charge in [0.15, 0.2) is 5.13 Å². The molecule has 4 aromatic rings. The van der Waals surface area contributed by atoms with E-state index in [-0.39, 0.29) is 5.91 Å². The van der Waals surface area contributed by atoms with E-state index >= 15 is 0 Å². The van der Waals surface area contributed by atoms with Gasteiger partial charge in [-0.3, -0.25) is 9.78 Å². The number of nitrogens with zero attached hydrogens (tertiary/aromatic N) is 2. The Bertz CT molecular complexity index is 1040. The Morgan fingerprint density at radius 3 is 2.96 bits per heavy atom. The molecule has 0 bridgehead atoms. The zero-order chi connectivity index (χ0) is 17.2. The van der Waals surface area contributed by atoms with Crippen LogP contribution in [0.2, 0.25) is 0 Å². The zero-order valence-electron chi connectivity index (χ0n) is 13.6. The third kappa shape index (κ3) is 3.16. The van der Waals surface area contributed by atoms with Gasteiger partial charge >= 0.3 is 0 Å². The van der Waals surface area contributed by atoms with Gasteiger partial charge in [0.1, 0.15) is 0 Å². The predicted octanol–water partition coefficient (Wildman–Crippen LogP) is 4.18. The summed E-state index contributed by atoms with van der Waals surface area (Å²) in [5.41, 5.74) is 3.91. The first kappa shape index (κ1) is 15.5. The Morgan fingerprint density at radius 2 is 2.12 bits per heavy atom. The number of H-pyrrole nitrogens is 1. The van der Waals surface area contributed by atoms with Crippen molar-refractivity contribution in [3.63, 3.8) is 0 Å². The van der Waals surface area contributed by atoms with Crippen molar-refractivity contribution < 1.29 is 4.79 Å². The largest absolute Gasteiger partial charge is 0.361 e. The van der Waals surface area contributed by atoms with Gasteiger partial charge in [-0.25, -0.2) is 4.98 Å². The number of thiazole rings is 1. The predicted molar refractivity (Wildman–Crippen MR) is 101 cm³/mol. The Labute approximate surface area is 148 Å². The van der Waals surface area contributed by atoms with Crippen molar-refractivity contribution in [1.82, 2.24) is 15.0 Å². The van der Waals surface area contributed by atoms with Crippen LogP contribution in [0.25, 0.3) is 21.3 Å². The van der Waals surface area contributed by atoms with Crippen molar-refractivity contribution in [1.29, 1.82) is 0 Å². The van der Waals surface area contributed by atoms with Gasteiger partial charge < -0.3 is 10.3 Å². The van der Waals surface area contributed by atoms with Gasteiger partial charge in [0.2, 0.25) is 5.91 Å². The van der Waals surface area contributed by atoms with Gasteiger partial charge in [0, 0.05) is 35.1 Å². The molecule has 1 aromatic carbocycles. The minimum absolute atomic E-state index is 0.0729. The Hall–Kier alpha value is -2.99. The molecular weight excluding hydrogens is 332 g/mol. The van der Waals surface area contributed by atoms with Crippen LogP contribution >= 0.6 is 11.3 Å². The summed E-state index contributed by atoms with van der Waals surface area (Å²) in [6, 6.07) is 11.8. The summed E-state index contributed by atoms with van der Waals surface area (Å²) in [4.78, 5) is 25.2. The molecule has 0 unspecified atom stereocenters. The summed E-state index contributed by atoms with van der Waals surface area (Å²) in [5, 5.41) is 4.60. The SMILES string of the molecule is Cc1nc(NC(=O)Cc2c[nH]c3ccccc23)sc1-c1cccnc1. The highest BCUT2D eigenvalue weighted by molar-refractivity contribution is 7.19. The highest BCUT2D eigenvalue weighted by Gasteiger charge is 2.13. The summed E-state index contributed by atoms with van der Waals surface area (Å²) in [6.07, 6.45) is 5.74. The van der Waals surface area contributed by atoms with Crippen LogP contribution in [0.3, 0.4) is 0 Å². The van der Waals surface area contributed by atoms with Crippen molar-refractivity contribution in [3.8, 4) is 10.4 Å². The van der Waals surface area contributed by atoms with Gasteiger partial charge in [0.25, 0.3) is 0 Å². The number of nitrogens with one attached hydrogen (secondary N) is 2. The monoisotopic (exact) mass is 348 g/mol. The zero-order valence-corrected chi connectivity index (χ0v) is 14.4. The summed E-state index contributed by atoms with van der Waals surface area (Å²) in [5.74, 6) is -0.0729. The van der Waals surface area contributed by atoms with Crippen LogP contribution in [-0.4, -0.2) is 20.9 Å². The molecule has 25 heavy (non-hydrogen) atoms. The van der Waals surface area contributed by atoms with E-state index in [1.54, 1.807) is 12.4 Å². The Morgan fingerprint density at radius 1 is 1.24 bits per heavy atom. The van der Waals surface area contributed by atoms with Crippen molar-refractivity contribution >= 4 is 33.3 Å². The smallest absolute Gasteiger partial charge is 0.230 e. The maximum atomic E-state index is 12.4. The number of fused-ring (bicyclic) bond motifs is 1. The van der Waals surface area contributed by atoms with Crippen molar-refractivity contribution in [2.45, 2.75) is 13.3 Å². The average Bonchev–Trinajstić information content (AvgIpc) is 3.19. The van der Waals surface area contributed by atoms with Crippen LogP contribution in [-0.2, 0) is 11.2 Å². The summed E-state index contributed by atoms with van der Waals surface area (Å²) < 4.78 is 0. The lowest BCUT2D eigenvalue weighted by Crippen LogP contribution is -2.13. The van der Waals surface area contributed by atoms with Crippen molar-refractivity contribution in [2.75, 3.05) is 5.32 Å². The van der Waals surface area contributed by atoms with Crippen molar-refractivity contribution in [3.05, 3.63) is 66.2 Å². The van der Waals surface area contributed by atoms with E-state index in [1.807, 2.05) is 49.5 Å². The molecule has 0 radical (unpaired) electrons. The fourth-order valence-corrected chi connectivity index (χ4v) is 3.80. The molecule has 6 heteroatoms. The second-order valence-electron chi connectivity index (χ2n) is 5.76. The third-order valence-corrected chi connectivity index (χ3v) is 5.11. The number of aryl methyl sites for hydroxylation is 1. The number of carbonyl (C=O) groups excluding carboxylic acids is 1. The molecule has 0 spiro atoms. The second kappa shape index (κ2) is 6.49. The Balaban J connectivity index is 1.52. The number of amides is 1. The lowest BCUT2D eigenvalue weighted by Gasteiger charge is -2.01. The first-order valence-electron chi connectivity index (χ1n) is 7.93. The number of anilines is 1. The fourth-order valence-electron chi connectivity index (χ4n) is 2.83. The molecule has 1 amide bonds. The molecule has 0 fully saturated rings. The van der Waals surface area contributed by atoms with E-state index in [9.17, 15) is 4.79 Å². The number of carbonyl (C=O) groups is 1. The molecule has 0 aliphatic carbocycles. The molecule has 3 heterocycles. The number of aromatic amines is 1. The molecule has 4 rings (SSSR count). The number of pyridine rings is 1. The molecular formula is C19H16N4OS. The van der Waals surface area contributed by atoms with Gasteiger partial charge in [-0.1, -0.05) is 35.6 Å². The van der Waals surface area contributed by atoms with Crippen LogP contribution in [0, 0.1) is 6.92 Å². The van der Waals surface area contributed by atoms with E-state index in [0.29, 0.717) is 11.6 Å². The lowest BCUT2D eigenvalue weighted by atomic mass is 10.1. The minimum atomic E-state index is -0.0729. The first-order valence-corrected chi connectivity index (χ1v) is 8.75. The number of aromatic nitrogens is 3. The van der Waals surface area contributed by atoms with Gasteiger partial charge in [0.05, 0.1) is 17.0 Å². The van der Waals surface area contributed by atoms with Gasteiger partial charge in [-0.05, 0) is 24.6 Å². The van der Waals surface area contributed by atoms with Crippen LogP contribution in [0.15, 0.2) is 55.0 Å². The minimum Gasteiger partial charge on any atom is -0.361 e. The number of rotatable bonds is 4. The standard InChI is InChI=1S/C19H16N4OS/c1-12-18(13-5-4-8-20-10-13)25-19(22-12)23-17(24)9-14-11-21-16-7-3-2-6-15(14)16/h2-8,10-11,21H,9H2,1H3,(H,22,23,24). The average molecular weight is 348 g/mol. The topological polar surface area (TPSA) is 70.7 Å². The molecule has 0 aliphatic heterocycles. The lowest BCUT2D eigenvalue weighted by molar-refractivity contribution is -0.115. The summed E-state index contributed by atoms with van der Waals surface area (Å²) >= 11 is 1.47. The number of benzene rings is 1. The first-order chi connectivity index (χ1) is 12.2. The highest BCUT2D eigenvalue weighted by atomic mass is 32.1. The Kier molecular flexibility index (Phi) is 4.03. The van der Waals surface area contributed by atoms with Gasteiger partial charge in [-0.2, -0.15) is 0 Å². The quantitative estimate of drug-likeness (QED) is 0.581. The molecule has 0 saturated heterocycles. The van der Waals surface area contributed by atoms with E-state index in [0.717, 1.165) is 32.6 Å². The third-order valence-electron chi connectivity index (χ3n) is 3.99. The van der Waals surface area contributed by atoms with E-state index in [1.165, 1.54) is 11.3 Å². The van der Waals surface area contributed by atoms with E-state index in [4.69, 9.17) is 0 Å². The maximum Gasteiger partial charge on any atom is 0.230 e. The van der Waals surface area contributed by atoms with E-state index < -0.39 is 0 Å². The molecule has 0 saturated carbocycles. The highest BCUT2D eigenvalue weighted by Crippen LogP contribution is 2.32. The number of hydrogen-bond donors (Lipinski definition) is 2. The maximum absolute atomic E-state index is 12.4. The molecule has 124 valence electrons. The van der Waals surface area contributed by atoms with Crippen LogP contribution in [0.4, 0.5) is 5.13 Å². The van der Waals surface area contributed by atoms with Crippen molar-refractivity contribution in [2.24, 2.45) is 0 Å². The number of para-hydroxylation sites is 1. The van der Waals surface area contributed by atoms with Crippen LogP contribution in [0.5, 0.6) is 0 Å². The molecule has 5 nitrogen and oxygen atoms in total. The molecule has 2 N–H and O–H groups in total. The molecule has 0 atom stereocenters. The molecule has 3 aromatic heterocycles. The normalized spacial score (nSPS) is 10.9. The summed E-state index contributed by atoms with van der Waals surface area (Å²) in [6.45, 7) is 1.94. The second-order valence-corrected chi connectivity index (χ2v) is 6.76. The van der Waals surface area contributed by atoms with Crippen LogP contribution in [0.1, 0.15) is 11.3 Å². The number of hydrogen-bond acceptors (Lipinski definition) is 4. The van der Waals surface area contributed by atoms with Gasteiger partial charge in [-0.15, -0.1) is 0 Å². The molecule has 0 aliphatic rings. The van der Waals surface area contributed by atoms with E-state index in [2.05, 4.69) is 20.3 Å². The summed E-state index contributed by atoms with van der Waals surface area (Å²) in [7, 11) is 0. The fraction of sp³-hybridized carbons (Fsp3) is 0.105. The van der Waals surface area contributed by atoms with Crippen LogP contribution < -0.4 is 5.32 Å².